The molecular formula is C34H30O4S2. The molecule has 0 heterocycles. The van der Waals surface area contributed by atoms with Gasteiger partial charge < -0.3 is 4.74 Å². The number of ether oxygens (including phenoxy) is 1. The highest BCUT2D eigenvalue weighted by Crippen LogP contribution is 2.41. The summed E-state index contributed by atoms with van der Waals surface area (Å²) >= 11 is 2.91. The van der Waals surface area contributed by atoms with E-state index in [1.165, 1.54) is 29.1 Å². The van der Waals surface area contributed by atoms with Crippen molar-refractivity contribution in [1.29, 1.82) is 0 Å². The van der Waals surface area contributed by atoms with Crippen molar-refractivity contribution in [3.63, 3.8) is 0 Å². The Balaban J connectivity index is 1.43. The number of carbonyl (C=O) groups is 3. The first-order valence-electron chi connectivity index (χ1n) is 13.2. The van der Waals surface area contributed by atoms with Crippen LogP contribution in [0.2, 0.25) is 0 Å². The van der Waals surface area contributed by atoms with Gasteiger partial charge in [-0.25, -0.2) is 0 Å². The van der Waals surface area contributed by atoms with Crippen molar-refractivity contribution >= 4 is 41.1 Å². The first-order chi connectivity index (χ1) is 19.0. The fourth-order valence-electron chi connectivity index (χ4n) is 4.44. The van der Waals surface area contributed by atoms with Gasteiger partial charge in [-0.2, -0.15) is 0 Å². The minimum absolute atomic E-state index is 0.0551. The number of ketones is 2. The van der Waals surface area contributed by atoms with Crippen LogP contribution in [0.25, 0.3) is 0 Å². The fraction of sp³-hybridized carbons (Fsp3) is 0.206. The molecule has 0 fully saturated rings. The average Bonchev–Trinajstić information content (AvgIpc) is 2.92. The molecule has 0 saturated carbocycles. The maximum atomic E-state index is 13.8. The van der Waals surface area contributed by atoms with Crippen LogP contribution in [0.5, 0.6) is 5.75 Å². The third-order valence-electron chi connectivity index (χ3n) is 6.69. The molecule has 0 saturated heterocycles. The van der Waals surface area contributed by atoms with E-state index in [0.29, 0.717) is 32.9 Å². The van der Waals surface area contributed by atoms with Crippen molar-refractivity contribution in [1.82, 2.24) is 0 Å². The summed E-state index contributed by atoms with van der Waals surface area (Å²) in [5.74, 6) is -0.335. The highest BCUT2D eigenvalue weighted by molar-refractivity contribution is 7.99. The molecule has 0 aromatic heterocycles. The van der Waals surface area contributed by atoms with E-state index in [-0.39, 0.29) is 28.9 Å². The van der Waals surface area contributed by atoms with Crippen LogP contribution in [0.15, 0.2) is 105 Å². The third-order valence-corrected chi connectivity index (χ3v) is 8.82. The van der Waals surface area contributed by atoms with E-state index < -0.39 is 0 Å². The smallest absolute Gasteiger partial charge is 0.313 e. The zero-order valence-corrected chi connectivity index (χ0v) is 24.7. The van der Waals surface area contributed by atoms with E-state index in [2.05, 4.69) is 45.0 Å². The molecule has 0 amide bonds. The van der Waals surface area contributed by atoms with Gasteiger partial charge in [-0.05, 0) is 59.5 Å². The van der Waals surface area contributed by atoms with Gasteiger partial charge in [0.25, 0.3) is 0 Å². The van der Waals surface area contributed by atoms with Crippen molar-refractivity contribution in [3.05, 3.63) is 113 Å². The molecule has 5 rings (SSSR count). The summed E-state index contributed by atoms with van der Waals surface area (Å²) in [5.41, 5.74) is 3.03. The molecule has 6 heteroatoms. The number of hydrogen-bond acceptors (Lipinski definition) is 6. The van der Waals surface area contributed by atoms with Crippen LogP contribution in [0.1, 0.15) is 72.0 Å². The van der Waals surface area contributed by atoms with Gasteiger partial charge in [0, 0.05) is 41.8 Å². The Morgan fingerprint density at radius 3 is 1.55 bits per heavy atom. The highest BCUT2D eigenvalue weighted by atomic mass is 32.2. The van der Waals surface area contributed by atoms with Gasteiger partial charge in [0.05, 0.1) is 5.92 Å². The SMILES string of the molecule is CC(C)C(=O)Oc1ccc(Sc2cccc3c2C(=O)c2cccc(Sc4ccc(C(C)(C)C)cc4)c2C3=O)cc1. The molecule has 4 aromatic carbocycles. The molecule has 4 nitrogen and oxygen atoms in total. The molecule has 0 radical (unpaired) electrons. The number of esters is 1. The Morgan fingerprint density at radius 2 is 1.12 bits per heavy atom. The molecule has 1 aliphatic rings. The molecule has 202 valence electrons. The van der Waals surface area contributed by atoms with Gasteiger partial charge in [-0.1, -0.05) is 94.5 Å². The molecule has 0 atom stereocenters. The summed E-state index contributed by atoms with van der Waals surface area (Å²) < 4.78 is 5.37. The predicted octanol–water partition coefficient (Wildman–Crippen LogP) is 8.62. The summed E-state index contributed by atoms with van der Waals surface area (Å²) in [5, 5.41) is 0. The molecule has 1 aliphatic carbocycles. The lowest BCUT2D eigenvalue weighted by molar-refractivity contribution is -0.137. The summed E-state index contributed by atoms with van der Waals surface area (Å²) in [7, 11) is 0. The molecule has 4 aromatic rings. The maximum Gasteiger partial charge on any atom is 0.313 e. The van der Waals surface area contributed by atoms with Crippen molar-refractivity contribution in [2.75, 3.05) is 0 Å². The van der Waals surface area contributed by atoms with Gasteiger partial charge in [0.1, 0.15) is 5.75 Å². The molecule has 0 aliphatic heterocycles. The Bertz CT molecular complexity index is 1610. The molecule has 0 unspecified atom stereocenters. The number of carbonyl (C=O) groups excluding carboxylic acids is 3. The minimum atomic E-state index is -0.292. The second-order valence-electron chi connectivity index (χ2n) is 11.0. The predicted molar refractivity (Wildman–Crippen MR) is 160 cm³/mol. The van der Waals surface area contributed by atoms with E-state index >= 15 is 0 Å². The van der Waals surface area contributed by atoms with Crippen LogP contribution in [0, 0.1) is 5.92 Å². The van der Waals surface area contributed by atoms with Crippen LogP contribution in [-0.2, 0) is 10.2 Å². The van der Waals surface area contributed by atoms with Crippen LogP contribution < -0.4 is 4.74 Å². The number of rotatable bonds is 6. The lowest BCUT2D eigenvalue weighted by Gasteiger charge is -2.22. The largest absolute Gasteiger partial charge is 0.426 e. The minimum Gasteiger partial charge on any atom is -0.426 e. The van der Waals surface area contributed by atoms with E-state index in [9.17, 15) is 14.4 Å². The summed E-state index contributed by atoms with van der Waals surface area (Å²) in [6.45, 7) is 10.1. The first-order valence-corrected chi connectivity index (χ1v) is 14.8. The van der Waals surface area contributed by atoms with Gasteiger partial charge in [-0.3, -0.25) is 14.4 Å². The molecule has 0 N–H and O–H groups in total. The van der Waals surface area contributed by atoms with Crippen LogP contribution in [-0.4, -0.2) is 17.5 Å². The Kier molecular flexibility index (Phi) is 7.76. The monoisotopic (exact) mass is 566 g/mol. The highest BCUT2D eigenvalue weighted by Gasteiger charge is 2.33. The van der Waals surface area contributed by atoms with Crippen LogP contribution in [0.4, 0.5) is 0 Å². The summed E-state index contributed by atoms with van der Waals surface area (Å²) in [6.07, 6.45) is 0. The van der Waals surface area contributed by atoms with Gasteiger partial charge >= 0.3 is 5.97 Å². The van der Waals surface area contributed by atoms with E-state index in [4.69, 9.17) is 4.74 Å². The van der Waals surface area contributed by atoms with E-state index in [1.54, 1.807) is 38.1 Å². The normalized spacial score (nSPS) is 12.8. The second kappa shape index (κ2) is 11.1. The topological polar surface area (TPSA) is 60.4 Å². The van der Waals surface area contributed by atoms with Crippen molar-refractivity contribution in [2.45, 2.75) is 59.6 Å². The third kappa shape index (κ3) is 5.65. The Hall–Kier alpha value is -3.61. The van der Waals surface area contributed by atoms with Crippen molar-refractivity contribution < 1.29 is 19.1 Å². The zero-order valence-electron chi connectivity index (χ0n) is 23.1. The molecule has 0 spiro atoms. The summed E-state index contributed by atoms with van der Waals surface area (Å²) in [4.78, 5) is 42.9. The molecule has 40 heavy (non-hydrogen) atoms. The van der Waals surface area contributed by atoms with Crippen LogP contribution in [0.3, 0.4) is 0 Å². The maximum absolute atomic E-state index is 13.8. The Labute approximate surface area is 243 Å². The lowest BCUT2D eigenvalue weighted by Crippen LogP contribution is -2.22. The van der Waals surface area contributed by atoms with Crippen molar-refractivity contribution in [2.24, 2.45) is 5.92 Å². The van der Waals surface area contributed by atoms with Crippen LogP contribution >= 0.6 is 23.5 Å². The number of benzene rings is 4. The van der Waals surface area contributed by atoms with E-state index in [1.807, 2.05) is 36.4 Å². The average molecular weight is 567 g/mol. The standard InChI is InChI=1S/C34H30O4S2/c1-20(2)33(37)38-22-14-18-24(19-15-22)40-28-11-7-9-26-30(28)32(36)25-8-6-10-27(29(25)31(26)35)39-23-16-12-21(13-17-23)34(3,4)5/h6-20H,1-5H3. The first kappa shape index (κ1) is 27.9. The fourth-order valence-corrected chi connectivity index (χ4v) is 6.39. The van der Waals surface area contributed by atoms with Crippen molar-refractivity contribution in [3.8, 4) is 5.75 Å². The number of fused-ring (bicyclic) bond motifs is 2. The second-order valence-corrected chi connectivity index (χ2v) is 13.3. The molecule has 0 bridgehead atoms. The van der Waals surface area contributed by atoms with Gasteiger partial charge in [0.2, 0.25) is 0 Å². The van der Waals surface area contributed by atoms with Gasteiger partial charge in [0.15, 0.2) is 11.6 Å². The Morgan fingerprint density at radius 1 is 0.675 bits per heavy atom. The zero-order chi connectivity index (χ0) is 28.6. The molecular weight excluding hydrogens is 537 g/mol. The summed E-state index contributed by atoms with van der Waals surface area (Å²) in [6, 6.07) is 26.4. The van der Waals surface area contributed by atoms with E-state index in [0.717, 1.165) is 14.7 Å². The lowest BCUT2D eigenvalue weighted by atomic mass is 9.84. The number of hydrogen-bond donors (Lipinski definition) is 0. The van der Waals surface area contributed by atoms with Gasteiger partial charge in [-0.15, -0.1) is 0 Å². The quantitative estimate of drug-likeness (QED) is 0.151.